The van der Waals surface area contributed by atoms with E-state index in [9.17, 15) is 0 Å². The lowest BCUT2D eigenvalue weighted by Gasteiger charge is -2.10. The zero-order valence-corrected chi connectivity index (χ0v) is 12.2. The van der Waals surface area contributed by atoms with Gasteiger partial charge in [-0.05, 0) is 29.4 Å². The molecule has 0 saturated heterocycles. The lowest BCUT2D eigenvalue weighted by molar-refractivity contribution is 0.457. The topological polar surface area (TPSA) is 37.0 Å². The van der Waals surface area contributed by atoms with Gasteiger partial charge in [-0.3, -0.25) is 0 Å². The van der Waals surface area contributed by atoms with Crippen LogP contribution in [0.25, 0.3) is 0 Å². The van der Waals surface area contributed by atoms with E-state index in [1.807, 2.05) is 12.1 Å². The lowest BCUT2D eigenvalue weighted by atomic mass is 10.0. The third-order valence-corrected chi connectivity index (χ3v) is 4.62. The van der Waals surface area contributed by atoms with Gasteiger partial charge in [-0.25, -0.2) is 4.98 Å². The van der Waals surface area contributed by atoms with E-state index in [2.05, 4.69) is 56.3 Å². The van der Waals surface area contributed by atoms with Crippen molar-refractivity contribution in [2.45, 2.75) is 47.1 Å². The highest BCUT2D eigenvalue weighted by Crippen LogP contribution is 2.63. The maximum absolute atomic E-state index is 4.60. The summed E-state index contributed by atoms with van der Waals surface area (Å²) in [4.78, 5) is 4.60. The summed E-state index contributed by atoms with van der Waals surface area (Å²) in [6.45, 7) is 12.4. The van der Waals surface area contributed by atoms with Gasteiger partial charge in [-0.15, -0.1) is 0 Å². The third-order valence-electron chi connectivity index (χ3n) is 4.62. The first-order valence-electron chi connectivity index (χ1n) is 6.87. The van der Waals surface area contributed by atoms with Crippen LogP contribution >= 0.6 is 0 Å². The second-order valence-electron chi connectivity index (χ2n) is 6.36. The van der Waals surface area contributed by atoms with Crippen LogP contribution in [0.2, 0.25) is 0 Å². The van der Waals surface area contributed by atoms with E-state index in [1.54, 1.807) is 0 Å². The molecule has 0 aliphatic heterocycles. The van der Waals surface area contributed by atoms with Crippen molar-refractivity contribution in [1.29, 1.82) is 0 Å². The molecule has 1 heterocycles. The predicted molar refractivity (Wildman–Crippen MR) is 78.0 cm³/mol. The molecule has 0 spiro atoms. The number of pyridine rings is 1. The summed E-state index contributed by atoms with van der Waals surface area (Å²) in [5.74, 6) is 1.93. The molecule has 2 rings (SSSR count). The molecule has 1 aliphatic rings. The molecule has 1 saturated carbocycles. The summed E-state index contributed by atoms with van der Waals surface area (Å²) in [5.41, 5.74) is 0.670. The van der Waals surface area contributed by atoms with Crippen molar-refractivity contribution in [1.82, 2.24) is 4.98 Å². The van der Waals surface area contributed by atoms with Crippen LogP contribution in [0.5, 0.6) is 0 Å². The number of nitrogens with zero attached hydrogens (tertiary/aromatic N) is 1. The molecule has 0 bridgehead atoms. The van der Waals surface area contributed by atoms with Gasteiger partial charge in [0.25, 0.3) is 0 Å². The number of rotatable bonds is 5. The Hall–Kier alpha value is -1.25. The van der Waals surface area contributed by atoms with Crippen LogP contribution in [-0.4, -0.2) is 17.6 Å². The van der Waals surface area contributed by atoms with Gasteiger partial charge in [0.2, 0.25) is 0 Å². The van der Waals surface area contributed by atoms with Crippen molar-refractivity contribution in [3.63, 3.8) is 0 Å². The molecular formula is C15H25N3. The molecule has 3 heteroatoms. The van der Waals surface area contributed by atoms with Crippen LogP contribution in [0.4, 0.5) is 11.6 Å². The van der Waals surface area contributed by atoms with E-state index in [0.717, 1.165) is 24.6 Å². The Morgan fingerprint density at radius 3 is 2.28 bits per heavy atom. The van der Waals surface area contributed by atoms with Crippen molar-refractivity contribution in [3.05, 3.63) is 18.2 Å². The summed E-state index contributed by atoms with van der Waals surface area (Å²) < 4.78 is 0. The molecule has 0 radical (unpaired) electrons. The minimum atomic E-state index is 0.335. The summed E-state index contributed by atoms with van der Waals surface area (Å²) in [5, 5.41) is 6.88. The molecular weight excluding hydrogens is 222 g/mol. The normalized spacial score (nSPS) is 20.5. The largest absolute Gasteiger partial charge is 0.370 e. The minimum absolute atomic E-state index is 0.335. The summed E-state index contributed by atoms with van der Waals surface area (Å²) in [6.07, 6.45) is 1.11. The van der Waals surface area contributed by atoms with Gasteiger partial charge >= 0.3 is 0 Å². The molecule has 1 aromatic heterocycles. The first-order chi connectivity index (χ1) is 8.39. The van der Waals surface area contributed by atoms with E-state index < -0.39 is 0 Å². The van der Waals surface area contributed by atoms with E-state index in [0.29, 0.717) is 16.9 Å². The Morgan fingerprint density at radius 1 is 1.11 bits per heavy atom. The van der Waals surface area contributed by atoms with E-state index in [1.165, 1.54) is 0 Å². The lowest BCUT2D eigenvalue weighted by Crippen LogP contribution is -2.12. The van der Waals surface area contributed by atoms with E-state index in [-0.39, 0.29) is 0 Å². The molecule has 1 aliphatic carbocycles. The molecule has 100 valence electrons. The fourth-order valence-corrected chi connectivity index (χ4v) is 2.57. The highest BCUT2D eigenvalue weighted by atomic mass is 15.1. The molecule has 2 N–H and O–H groups in total. The Morgan fingerprint density at radius 2 is 1.72 bits per heavy atom. The van der Waals surface area contributed by atoms with Crippen molar-refractivity contribution in [2.75, 3.05) is 17.2 Å². The fourth-order valence-electron chi connectivity index (χ4n) is 2.57. The Balaban J connectivity index is 2.03. The van der Waals surface area contributed by atoms with Crippen molar-refractivity contribution in [3.8, 4) is 0 Å². The average molecular weight is 247 g/mol. The van der Waals surface area contributed by atoms with Gasteiger partial charge in [-0.2, -0.15) is 0 Å². The van der Waals surface area contributed by atoms with Crippen LogP contribution in [0.3, 0.4) is 0 Å². The maximum Gasteiger partial charge on any atom is 0.128 e. The minimum Gasteiger partial charge on any atom is -0.370 e. The molecule has 18 heavy (non-hydrogen) atoms. The fraction of sp³-hybridized carbons (Fsp3) is 0.667. The Bertz CT molecular complexity index is 410. The standard InChI is InChI=1S/C15H25N3/c1-6-10-16-11-8-7-9-12(17-11)18-13-14(2,3)15(13,4)5/h7-9,13H,6,10H2,1-5H3,(H2,16,17,18). The SMILES string of the molecule is CCCNc1cccc(NC2C(C)(C)C2(C)C)n1. The van der Waals surface area contributed by atoms with Gasteiger partial charge in [0.05, 0.1) is 0 Å². The molecule has 3 nitrogen and oxygen atoms in total. The summed E-state index contributed by atoms with van der Waals surface area (Å²) in [7, 11) is 0. The first-order valence-corrected chi connectivity index (χ1v) is 6.87. The van der Waals surface area contributed by atoms with Gasteiger partial charge in [0, 0.05) is 12.6 Å². The van der Waals surface area contributed by atoms with Crippen molar-refractivity contribution in [2.24, 2.45) is 10.8 Å². The summed E-state index contributed by atoms with van der Waals surface area (Å²) >= 11 is 0. The molecule has 1 fully saturated rings. The zero-order chi connectivity index (χ0) is 13.4. The maximum atomic E-state index is 4.60. The average Bonchev–Trinajstić information content (AvgIpc) is 2.70. The second kappa shape index (κ2) is 4.45. The van der Waals surface area contributed by atoms with Gasteiger partial charge in [-0.1, -0.05) is 40.7 Å². The van der Waals surface area contributed by atoms with E-state index in [4.69, 9.17) is 0 Å². The molecule has 0 atom stereocenters. The van der Waals surface area contributed by atoms with Crippen LogP contribution in [0.15, 0.2) is 18.2 Å². The monoisotopic (exact) mass is 247 g/mol. The smallest absolute Gasteiger partial charge is 0.128 e. The third kappa shape index (κ3) is 2.18. The van der Waals surface area contributed by atoms with E-state index >= 15 is 0 Å². The Kier molecular flexibility index (Phi) is 3.26. The highest BCUT2D eigenvalue weighted by molar-refractivity contribution is 5.48. The second-order valence-corrected chi connectivity index (χ2v) is 6.36. The number of aromatic nitrogens is 1. The number of hydrogen-bond donors (Lipinski definition) is 2. The van der Waals surface area contributed by atoms with Gasteiger partial charge in [0.15, 0.2) is 0 Å². The Labute approximate surface area is 110 Å². The van der Waals surface area contributed by atoms with Crippen LogP contribution in [-0.2, 0) is 0 Å². The zero-order valence-electron chi connectivity index (χ0n) is 12.2. The van der Waals surface area contributed by atoms with Gasteiger partial charge in [0.1, 0.15) is 11.6 Å². The van der Waals surface area contributed by atoms with Crippen LogP contribution in [0.1, 0.15) is 41.0 Å². The predicted octanol–water partition coefficient (Wildman–Crippen LogP) is 3.75. The van der Waals surface area contributed by atoms with Crippen LogP contribution < -0.4 is 10.6 Å². The molecule has 0 amide bonds. The summed E-state index contributed by atoms with van der Waals surface area (Å²) in [6, 6.07) is 6.61. The molecule has 1 aromatic rings. The van der Waals surface area contributed by atoms with Gasteiger partial charge < -0.3 is 10.6 Å². The number of hydrogen-bond acceptors (Lipinski definition) is 3. The number of anilines is 2. The molecule has 0 aromatic carbocycles. The van der Waals surface area contributed by atoms with Crippen LogP contribution in [0, 0.1) is 10.8 Å². The molecule has 0 unspecified atom stereocenters. The highest BCUT2D eigenvalue weighted by Gasteiger charge is 2.65. The quantitative estimate of drug-likeness (QED) is 0.832. The number of nitrogens with one attached hydrogen (secondary N) is 2. The first kappa shape index (κ1) is 13.2. The van der Waals surface area contributed by atoms with Crippen molar-refractivity contribution < 1.29 is 0 Å². The van der Waals surface area contributed by atoms with Crippen molar-refractivity contribution >= 4 is 11.6 Å².